The van der Waals surface area contributed by atoms with Crippen molar-refractivity contribution in [1.29, 1.82) is 0 Å². The Bertz CT molecular complexity index is 409. The van der Waals surface area contributed by atoms with Crippen LogP contribution in [0.25, 0.3) is 0 Å². The average molecular weight is 215 g/mol. The Hall–Kier alpha value is -1.57. The van der Waals surface area contributed by atoms with Crippen molar-refractivity contribution in [1.82, 2.24) is 4.90 Å². The predicted molar refractivity (Wildman–Crippen MR) is 65.2 cm³/mol. The molecule has 0 N–H and O–H groups in total. The van der Waals surface area contributed by atoms with Gasteiger partial charge in [-0.05, 0) is 30.9 Å². The topological polar surface area (TPSA) is 20.3 Å². The van der Waals surface area contributed by atoms with Gasteiger partial charge in [0.25, 0.3) is 0 Å². The maximum atomic E-state index is 11.3. The summed E-state index contributed by atoms with van der Waals surface area (Å²) in [4.78, 5) is 13.2. The van der Waals surface area contributed by atoms with Crippen molar-refractivity contribution in [3.05, 3.63) is 47.5 Å². The molecule has 1 aromatic carbocycles. The van der Waals surface area contributed by atoms with E-state index in [1.54, 1.807) is 6.08 Å². The maximum Gasteiger partial charge on any atom is 0.246 e. The average Bonchev–Trinajstić information content (AvgIpc) is 2.67. The second-order valence-corrected chi connectivity index (χ2v) is 4.22. The van der Waals surface area contributed by atoms with Gasteiger partial charge in [-0.2, -0.15) is 0 Å². The highest BCUT2D eigenvalue weighted by molar-refractivity contribution is 5.89. The van der Waals surface area contributed by atoms with Crippen molar-refractivity contribution in [2.75, 3.05) is 13.1 Å². The van der Waals surface area contributed by atoms with Crippen LogP contribution in [0.1, 0.15) is 17.5 Å². The summed E-state index contributed by atoms with van der Waals surface area (Å²) in [6, 6.07) is 8.44. The largest absolute Gasteiger partial charge is 0.335 e. The molecule has 1 aliphatic heterocycles. The van der Waals surface area contributed by atoms with Gasteiger partial charge in [0, 0.05) is 19.2 Å². The molecule has 0 saturated carbocycles. The third-order valence-electron chi connectivity index (χ3n) is 3.03. The van der Waals surface area contributed by atoms with E-state index in [1.165, 1.54) is 11.1 Å². The normalized spacial score (nSPS) is 14.8. The molecule has 0 spiro atoms. The Labute approximate surface area is 96.6 Å². The lowest BCUT2D eigenvalue weighted by Gasteiger charge is -2.15. The molecular weight excluding hydrogens is 198 g/mol. The fourth-order valence-corrected chi connectivity index (χ4v) is 2.03. The summed E-state index contributed by atoms with van der Waals surface area (Å²) in [5, 5.41) is 0. The van der Waals surface area contributed by atoms with Gasteiger partial charge in [0.05, 0.1) is 0 Å². The minimum atomic E-state index is 0.157. The Morgan fingerprint density at radius 1 is 1.31 bits per heavy atom. The van der Waals surface area contributed by atoms with Gasteiger partial charge in [-0.1, -0.05) is 30.3 Å². The zero-order chi connectivity index (χ0) is 11.4. The molecule has 2 heteroatoms. The van der Waals surface area contributed by atoms with Gasteiger partial charge in [-0.3, -0.25) is 4.79 Å². The van der Waals surface area contributed by atoms with Crippen LogP contribution in [-0.2, 0) is 11.2 Å². The number of rotatable bonds is 4. The third-order valence-corrected chi connectivity index (χ3v) is 3.03. The molecule has 0 bridgehead atoms. The van der Waals surface area contributed by atoms with Crippen LogP contribution in [-0.4, -0.2) is 23.9 Å². The summed E-state index contributed by atoms with van der Waals surface area (Å²) in [5.41, 5.74) is 2.73. The van der Waals surface area contributed by atoms with Crippen LogP contribution in [0.5, 0.6) is 0 Å². The SMILES string of the molecule is Cc1ccccc1CCCN1CC=CC1=O. The summed E-state index contributed by atoms with van der Waals surface area (Å²) < 4.78 is 0. The molecular formula is C14H17NO. The molecule has 1 heterocycles. The first kappa shape index (κ1) is 10.9. The van der Waals surface area contributed by atoms with Gasteiger partial charge in [-0.15, -0.1) is 0 Å². The number of hydrogen-bond donors (Lipinski definition) is 0. The van der Waals surface area contributed by atoms with Crippen molar-refractivity contribution < 1.29 is 4.79 Å². The number of nitrogens with zero attached hydrogens (tertiary/aromatic N) is 1. The Kier molecular flexibility index (Phi) is 3.40. The van der Waals surface area contributed by atoms with E-state index in [4.69, 9.17) is 0 Å². The molecule has 84 valence electrons. The molecule has 2 rings (SSSR count). The summed E-state index contributed by atoms with van der Waals surface area (Å²) in [7, 11) is 0. The number of hydrogen-bond acceptors (Lipinski definition) is 1. The maximum absolute atomic E-state index is 11.3. The molecule has 0 aliphatic carbocycles. The molecule has 0 saturated heterocycles. The molecule has 0 atom stereocenters. The minimum Gasteiger partial charge on any atom is -0.335 e. The molecule has 1 aromatic rings. The highest BCUT2D eigenvalue weighted by Gasteiger charge is 2.13. The molecule has 2 nitrogen and oxygen atoms in total. The molecule has 1 amide bonds. The van der Waals surface area contributed by atoms with E-state index in [2.05, 4.69) is 31.2 Å². The lowest BCUT2D eigenvalue weighted by molar-refractivity contribution is -0.124. The zero-order valence-electron chi connectivity index (χ0n) is 9.65. The van der Waals surface area contributed by atoms with E-state index in [0.29, 0.717) is 0 Å². The van der Waals surface area contributed by atoms with Crippen molar-refractivity contribution in [2.24, 2.45) is 0 Å². The first-order valence-electron chi connectivity index (χ1n) is 5.77. The van der Waals surface area contributed by atoms with Crippen LogP contribution >= 0.6 is 0 Å². The van der Waals surface area contributed by atoms with Crippen LogP contribution in [0.2, 0.25) is 0 Å². The van der Waals surface area contributed by atoms with E-state index in [1.807, 2.05) is 11.0 Å². The van der Waals surface area contributed by atoms with Crippen molar-refractivity contribution in [3.63, 3.8) is 0 Å². The lowest BCUT2D eigenvalue weighted by atomic mass is 10.0. The fraction of sp³-hybridized carbons (Fsp3) is 0.357. The van der Waals surface area contributed by atoms with Crippen LogP contribution in [0.15, 0.2) is 36.4 Å². The van der Waals surface area contributed by atoms with Crippen LogP contribution in [0.4, 0.5) is 0 Å². The summed E-state index contributed by atoms with van der Waals surface area (Å²) in [6.07, 6.45) is 5.68. The van der Waals surface area contributed by atoms with Gasteiger partial charge in [0.1, 0.15) is 0 Å². The second kappa shape index (κ2) is 4.97. The Morgan fingerprint density at radius 3 is 2.81 bits per heavy atom. The van der Waals surface area contributed by atoms with Gasteiger partial charge in [0.2, 0.25) is 5.91 Å². The lowest BCUT2D eigenvalue weighted by Crippen LogP contribution is -2.26. The fourth-order valence-electron chi connectivity index (χ4n) is 2.03. The van der Waals surface area contributed by atoms with Crippen LogP contribution in [0.3, 0.4) is 0 Å². The van der Waals surface area contributed by atoms with E-state index >= 15 is 0 Å². The van der Waals surface area contributed by atoms with Crippen molar-refractivity contribution in [2.45, 2.75) is 19.8 Å². The monoisotopic (exact) mass is 215 g/mol. The summed E-state index contributed by atoms with van der Waals surface area (Å²) >= 11 is 0. The first-order chi connectivity index (χ1) is 7.77. The van der Waals surface area contributed by atoms with E-state index in [9.17, 15) is 4.79 Å². The minimum absolute atomic E-state index is 0.157. The summed E-state index contributed by atoms with van der Waals surface area (Å²) in [5.74, 6) is 0.157. The number of amides is 1. The third kappa shape index (κ3) is 2.51. The van der Waals surface area contributed by atoms with Crippen molar-refractivity contribution >= 4 is 5.91 Å². The molecule has 0 unspecified atom stereocenters. The molecule has 16 heavy (non-hydrogen) atoms. The van der Waals surface area contributed by atoms with Gasteiger partial charge in [0.15, 0.2) is 0 Å². The van der Waals surface area contributed by atoms with Gasteiger partial charge < -0.3 is 4.90 Å². The molecule has 1 aliphatic rings. The van der Waals surface area contributed by atoms with Gasteiger partial charge in [-0.25, -0.2) is 0 Å². The Morgan fingerprint density at radius 2 is 2.12 bits per heavy atom. The van der Waals surface area contributed by atoms with Crippen LogP contribution < -0.4 is 0 Å². The number of carbonyl (C=O) groups excluding carboxylic acids is 1. The highest BCUT2D eigenvalue weighted by atomic mass is 16.2. The molecule has 0 aromatic heterocycles. The van der Waals surface area contributed by atoms with Gasteiger partial charge >= 0.3 is 0 Å². The first-order valence-corrected chi connectivity index (χ1v) is 5.77. The standard InChI is InChI=1S/C14H17NO/c1-12-6-2-3-7-13(12)8-4-10-15-11-5-9-14(15)16/h2-3,5-7,9H,4,8,10-11H2,1H3. The zero-order valence-corrected chi connectivity index (χ0v) is 9.65. The molecule has 0 radical (unpaired) electrons. The highest BCUT2D eigenvalue weighted by Crippen LogP contribution is 2.10. The van der Waals surface area contributed by atoms with Crippen LogP contribution in [0, 0.1) is 6.92 Å². The smallest absolute Gasteiger partial charge is 0.246 e. The molecule has 0 fully saturated rings. The predicted octanol–water partition coefficient (Wildman–Crippen LogP) is 2.33. The summed E-state index contributed by atoms with van der Waals surface area (Å²) in [6.45, 7) is 3.78. The van der Waals surface area contributed by atoms with E-state index in [-0.39, 0.29) is 5.91 Å². The number of aryl methyl sites for hydroxylation is 2. The number of carbonyl (C=O) groups is 1. The van der Waals surface area contributed by atoms with E-state index in [0.717, 1.165) is 25.9 Å². The quantitative estimate of drug-likeness (QED) is 0.755. The van der Waals surface area contributed by atoms with E-state index < -0.39 is 0 Å². The van der Waals surface area contributed by atoms with Crippen molar-refractivity contribution in [3.8, 4) is 0 Å². The Balaban J connectivity index is 1.80. The second-order valence-electron chi connectivity index (χ2n) is 4.22. The number of benzene rings is 1.